The summed E-state index contributed by atoms with van der Waals surface area (Å²) >= 11 is 2.81. The summed E-state index contributed by atoms with van der Waals surface area (Å²) in [6.45, 7) is 0. The fourth-order valence-corrected chi connectivity index (χ4v) is 6.11. The van der Waals surface area contributed by atoms with Crippen molar-refractivity contribution in [2.75, 3.05) is 32.4 Å². The Morgan fingerprint density at radius 1 is 1.14 bits per heavy atom. The lowest BCUT2D eigenvalue weighted by molar-refractivity contribution is -0.113. The molecule has 1 aromatic carbocycles. The molecule has 0 aliphatic heterocycles. The van der Waals surface area contributed by atoms with E-state index in [1.165, 1.54) is 34.4 Å². The average Bonchev–Trinajstić information content (AvgIpc) is 3.30. The standard InChI is InChI=1S/C24H27N5O4S2/c1-29-22(14-10-17(31-2)21(33-4)18(11-14)32-3)27-28-24(29)34-13-20(30)26-23-16(12-25)15-8-6-5-7-9-19(15)35-23/h10-11H,5-9,13H2,1-4H3,(H,26,30). The van der Waals surface area contributed by atoms with Gasteiger partial charge in [0, 0.05) is 17.5 Å². The van der Waals surface area contributed by atoms with Crippen LogP contribution in [0.4, 0.5) is 5.00 Å². The average molecular weight is 514 g/mol. The van der Waals surface area contributed by atoms with Crippen LogP contribution in [0.5, 0.6) is 17.2 Å². The minimum atomic E-state index is -0.180. The van der Waals surface area contributed by atoms with Crippen molar-refractivity contribution < 1.29 is 19.0 Å². The van der Waals surface area contributed by atoms with Gasteiger partial charge in [0.1, 0.15) is 11.1 Å². The third-order valence-corrected chi connectivity index (χ3v) is 8.10. The van der Waals surface area contributed by atoms with Gasteiger partial charge >= 0.3 is 0 Å². The molecule has 9 nitrogen and oxygen atoms in total. The summed E-state index contributed by atoms with van der Waals surface area (Å²) in [5.41, 5.74) is 2.47. The Morgan fingerprint density at radius 3 is 2.51 bits per heavy atom. The number of nitrogens with zero attached hydrogens (tertiary/aromatic N) is 4. The van der Waals surface area contributed by atoms with E-state index in [1.54, 1.807) is 33.5 Å². The number of hydrogen-bond donors (Lipinski definition) is 1. The minimum Gasteiger partial charge on any atom is -0.493 e. The van der Waals surface area contributed by atoms with Gasteiger partial charge in [-0.05, 0) is 43.4 Å². The Morgan fingerprint density at radius 2 is 1.86 bits per heavy atom. The molecule has 0 radical (unpaired) electrons. The van der Waals surface area contributed by atoms with E-state index in [1.807, 2.05) is 11.6 Å². The van der Waals surface area contributed by atoms with Crippen LogP contribution in [0, 0.1) is 11.3 Å². The number of ether oxygens (including phenoxy) is 3. The number of carbonyl (C=O) groups excluding carboxylic acids is 1. The highest BCUT2D eigenvalue weighted by Gasteiger charge is 2.22. The number of anilines is 1. The molecule has 0 spiro atoms. The quantitative estimate of drug-likeness (QED) is 0.348. The molecule has 2 heterocycles. The molecule has 3 aromatic rings. The Bertz CT molecular complexity index is 1250. The first-order valence-electron chi connectivity index (χ1n) is 11.2. The maximum Gasteiger partial charge on any atom is 0.235 e. The first-order chi connectivity index (χ1) is 17.0. The molecular weight excluding hydrogens is 486 g/mol. The lowest BCUT2D eigenvalue weighted by Gasteiger charge is -2.14. The zero-order valence-corrected chi connectivity index (χ0v) is 21.8. The fraction of sp³-hybridized carbons (Fsp3) is 0.417. The predicted octanol–water partition coefficient (Wildman–Crippen LogP) is 4.44. The van der Waals surface area contributed by atoms with Crippen molar-refractivity contribution in [3.63, 3.8) is 0 Å². The molecule has 11 heteroatoms. The molecule has 0 saturated carbocycles. The monoisotopic (exact) mass is 513 g/mol. The number of aromatic nitrogens is 3. The van der Waals surface area contributed by atoms with Crippen LogP contribution in [0.1, 0.15) is 35.3 Å². The lowest BCUT2D eigenvalue weighted by Crippen LogP contribution is -2.14. The summed E-state index contributed by atoms with van der Waals surface area (Å²) in [5, 5.41) is 22.4. The number of fused-ring (bicyclic) bond motifs is 1. The van der Waals surface area contributed by atoms with Gasteiger partial charge in [0.25, 0.3) is 0 Å². The van der Waals surface area contributed by atoms with Crippen molar-refractivity contribution in [2.45, 2.75) is 37.3 Å². The summed E-state index contributed by atoms with van der Waals surface area (Å²) in [6, 6.07) is 5.91. The van der Waals surface area contributed by atoms with Crippen LogP contribution in [0.15, 0.2) is 17.3 Å². The van der Waals surface area contributed by atoms with E-state index in [0.29, 0.717) is 38.8 Å². The van der Waals surface area contributed by atoms with Crippen molar-refractivity contribution in [1.29, 1.82) is 5.26 Å². The van der Waals surface area contributed by atoms with Gasteiger partial charge in [-0.25, -0.2) is 0 Å². The number of amides is 1. The fourth-order valence-electron chi connectivity index (χ4n) is 4.14. The van der Waals surface area contributed by atoms with Crippen LogP contribution in [-0.4, -0.2) is 47.8 Å². The Balaban J connectivity index is 1.48. The van der Waals surface area contributed by atoms with Crippen LogP contribution in [0.25, 0.3) is 11.4 Å². The maximum absolute atomic E-state index is 12.7. The molecular formula is C24H27N5O4S2. The number of nitrogens with one attached hydrogen (secondary N) is 1. The number of aryl methyl sites for hydroxylation is 1. The highest BCUT2D eigenvalue weighted by molar-refractivity contribution is 7.99. The van der Waals surface area contributed by atoms with E-state index in [-0.39, 0.29) is 11.7 Å². The normalized spacial score (nSPS) is 12.9. The van der Waals surface area contributed by atoms with Gasteiger partial charge in [-0.2, -0.15) is 5.26 Å². The first kappa shape index (κ1) is 24.9. The molecule has 1 aliphatic rings. The van der Waals surface area contributed by atoms with Crippen molar-refractivity contribution in [3.05, 3.63) is 28.1 Å². The van der Waals surface area contributed by atoms with Gasteiger partial charge in [-0.15, -0.1) is 21.5 Å². The molecule has 2 aromatic heterocycles. The van der Waals surface area contributed by atoms with E-state index < -0.39 is 0 Å². The molecule has 1 amide bonds. The number of benzene rings is 1. The van der Waals surface area contributed by atoms with Gasteiger partial charge in [0.05, 0.1) is 32.6 Å². The summed E-state index contributed by atoms with van der Waals surface area (Å²) in [7, 11) is 6.50. The second-order valence-electron chi connectivity index (χ2n) is 8.00. The smallest absolute Gasteiger partial charge is 0.235 e. The van der Waals surface area contributed by atoms with E-state index >= 15 is 0 Å². The van der Waals surface area contributed by atoms with E-state index in [4.69, 9.17) is 14.2 Å². The first-order valence-corrected chi connectivity index (χ1v) is 13.0. The second-order valence-corrected chi connectivity index (χ2v) is 10.0. The van der Waals surface area contributed by atoms with Gasteiger partial charge in [0.2, 0.25) is 11.7 Å². The number of rotatable bonds is 8. The number of hydrogen-bond acceptors (Lipinski definition) is 9. The number of methoxy groups -OCH3 is 3. The maximum atomic E-state index is 12.7. The number of nitriles is 1. The Kier molecular flexibility index (Phi) is 7.83. The summed E-state index contributed by atoms with van der Waals surface area (Å²) < 4.78 is 18.1. The third kappa shape index (κ3) is 5.09. The lowest BCUT2D eigenvalue weighted by atomic mass is 10.1. The largest absolute Gasteiger partial charge is 0.493 e. The Hall–Kier alpha value is -3.23. The summed E-state index contributed by atoms with van der Waals surface area (Å²) in [6.07, 6.45) is 5.27. The molecule has 1 aliphatic carbocycles. The number of carbonyl (C=O) groups is 1. The zero-order valence-electron chi connectivity index (χ0n) is 20.1. The predicted molar refractivity (Wildman–Crippen MR) is 136 cm³/mol. The minimum absolute atomic E-state index is 0.147. The van der Waals surface area contributed by atoms with E-state index in [2.05, 4.69) is 21.6 Å². The molecule has 35 heavy (non-hydrogen) atoms. The molecule has 0 atom stereocenters. The number of thioether (sulfide) groups is 1. The van der Waals surface area contributed by atoms with E-state index in [9.17, 15) is 10.1 Å². The van der Waals surface area contributed by atoms with Crippen molar-refractivity contribution >= 4 is 34.0 Å². The van der Waals surface area contributed by atoms with Crippen molar-refractivity contribution in [1.82, 2.24) is 14.8 Å². The van der Waals surface area contributed by atoms with Gasteiger partial charge < -0.3 is 24.1 Å². The van der Waals surface area contributed by atoms with Crippen molar-refractivity contribution in [3.8, 4) is 34.7 Å². The Labute approximate surface area is 212 Å². The molecule has 0 fully saturated rings. The SMILES string of the molecule is COc1cc(-c2nnc(SCC(=O)Nc3sc4c(c3C#N)CCCCC4)n2C)cc(OC)c1OC. The highest BCUT2D eigenvalue weighted by atomic mass is 32.2. The zero-order chi connectivity index (χ0) is 24.9. The van der Waals surface area contributed by atoms with Crippen LogP contribution >= 0.6 is 23.1 Å². The van der Waals surface area contributed by atoms with Crippen LogP contribution < -0.4 is 19.5 Å². The molecule has 1 N–H and O–H groups in total. The van der Waals surface area contributed by atoms with Crippen molar-refractivity contribution in [2.24, 2.45) is 7.05 Å². The summed E-state index contributed by atoms with van der Waals surface area (Å²) in [4.78, 5) is 13.9. The highest BCUT2D eigenvalue weighted by Crippen LogP contribution is 2.41. The molecule has 0 unspecified atom stereocenters. The second kappa shape index (κ2) is 11.0. The number of thiophene rings is 1. The summed E-state index contributed by atoms with van der Waals surface area (Å²) in [5.74, 6) is 2.09. The van der Waals surface area contributed by atoms with Crippen LogP contribution in [0.2, 0.25) is 0 Å². The molecule has 0 bridgehead atoms. The molecule has 4 rings (SSSR count). The van der Waals surface area contributed by atoms with Crippen LogP contribution in [0.3, 0.4) is 0 Å². The molecule has 184 valence electrons. The van der Waals surface area contributed by atoms with Gasteiger partial charge in [-0.1, -0.05) is 18.2 Å². The van der Waals surface area contributed by atoms with Gasteiger partial charge in [0.15, 0.2) is 22.5 Å². The van der Waals surface area contributed by atoms with Gasteiger partial charge in [-0.3, -0.25) is 4.79 Å². The topological polar surface area (TPSA) is 111 Å². The van der Waals surface area contributed by atoms with E-state index in [0.717, 1.165) is 36.8 Å². The van der Waals surface area contributed by atoms with Crippen LogP contribution in [-0.2, 0) is 24.7 Å². The molecule has 0 saturated heterocycles. The third-order valence-electron chi connectivity index (χ3n) is 5.88.